The minimum Gasteiger partial charge on any atom is -0.480 e. The molecule has 0 bridgehead atoms. The number of furan rings is 1. The van der Waals surface area contributed by atoms with Crippen molar-refractivity contribution in [3.63, 3.8) is 0 Å². The normalized spacial score (nSPS) is 15.7. The van der Waals surface area contributed by atoms with Crippen LogP contribution in [0.5, 0.6) is 11.8 Å². The summed E-state index contributed by atoms with van der Waals surface area (Å²) in [6.45, 7) is 1.89. The Morgan fingerprint density at radius 1 is 1.17 bits per heavy atom. The number of fused-ring (bicyclic) bond motifs is 3. The van der Waals surface area contributed by atoms with Gasteiger partial charge >= 0.3 is 0 Å². The summed E-state index contributed by atoms with van der Waals surface area (Å²) in [4.78, 5) is 8.83. The number of aromatic nitrogens is 2. The second-order valence-corrected chi connectivity index (χ2v) is 5.20. The number of methoxy groups -OCH3 is 1. The van der Waals surface area contributed by atoms with E-state index in [9.17, 15) is 0 Å². The summed E-state index contributed by atoms with van der Waals surface area (Å²) in [5.41, 5.74) is 2.49. The molecule has 1 atom stereocenters. The Kier molecular flexibility index (Phi) is 3.15. The topological polar surface area (TPSA) is 69.4 Å². The zero-order valence-corrected chi connectivity index (χ0v) is 12.7. The van der Waals surface area contributed by atoms with E-state index in [0.29, 0.717) is 23.2 Å². The van der Waals surface area contributed by atoms with E-state index in [-0.39, 0.29) is 0 Å². The second-order valence-electron chi connectivity index (χ2n) is 5.20. The molecule has 4 rings (SSSR count). The molecule has 0 fully saturated rings. The third kappa shape index (κ3) is 2.38. The predicted molar refractivity (Wildman–Crippen MR) is 84.5 cm³/mol. The zero-order chi connectivity index (χ0) is 15.8. The lowest BCUT2D eigenvalue weighted by molar-refractivity contribution is 0.194. The van der Waals surface area contributed by atoms with Gasteiger partial charge in [0.25, 0.3) is 0 Å². The number of rotatable bonds is 2. The van der Waals surface area contributed by atoms with Crippen LogP contribution in [0.2, 0.25) is 0 Å². The Morgan fingerprint density at radius 2 is 2.04 bits per heavy atom. The Labute approximate surface area is 133 Å². The minimum absolute atomic E-state index is 0.400. The van der Waals surface area contributed by atoms with Crippen molar-refractivity contribution in [2.45, 2.75) is 13.2 Å². The fourth-order valence-electron chi connectivity index (χ4n) is 2.54. The summed E-state index contributed by atoms with van der Waals surface area (Å²) in [5.74, 6) is 2.30. The number of hydrogen-bond acceptors (Lipinski definition) is 6. The van der Waals surface area contributed by atoms with Crippen molar-refractivity contribution in [3.8, 4) is 23.0 Å². The third-order valence-electron chi connectivity index (χ3n) is 3.65. The quantitative estimate of drug-likeness (QED) is 0.780. The zero-order valence-electron chi connectivity index (χ0n) is 12.7. The van der Waals surface area contributed by atoms with Crippen LogP contribution in [0.15, 0.2) is 47.0 Å². The molecule has 2 aromatic heterocycles. The van der Waals surface area contributed by atoms with Gasteiger partial charge in [-0.25, -0.2) is 4.98 Å². The molecular formula is C17H15N3O3. The van der Waals surface area contributed by atoms with Gasteiger partial charge in [-0.15, -0.1) is 0 Å². The molecule has 6 nitrogen and oxygen atoms in total. The molecule has 0 radical (unpaired) electrons. The Balaban J connectivity index is 1.87. The molecule has 1 aliphatic rings. The monoisotopic (exact) mass is 309 g/mol. The molecule has 1 aliphatic heterocycles. The highest BCUT2D eigenvalue weighted by atomic mass is 16.5. The first kappa shape index (κ1) is 13.6. The number of ether oxygens (including phenoxy) is 2. The van der Waals surface area contributed by atoms with E-state index in [1.807, 2.05) is 43.3 Å². The van der Waals surface area contributed by atoms with Crippen LogP contribution in [-0.4, -0.2) is 17.1 Å². The van der Waals surface area contributed by atoms with E-state index < -0.39 is 6.23 Å². The molecule has 0 spiro atoms. The molecule has 0 saturated heterocycles. The summed E-state index contributed by atoms with van der Waals surface area (Å²) in [6.07, 6.45) is 1.09. The van der Waals surface area contributed by atoms with Gasteiger partial charge in [0.15, 0.2) is 5.76 Å². The molecule has 6 heteroatoms. The highest BCUT2D eigenvalue weighted by Gasteiger charge is 2.27. The lowest BCUT2D eigenvalue weighted by Crippen LogP contribution is -2.16. The molecule has 23 heavy (non-hydrogen) atoms. The number of aryl methyl sites for hydroxylation is 1. The molecule has 3 aromatic rings. The van der Waals surface area contributed by atoms with Crippen molar-refractivity contribution in [3.05, 3.63) is 54.1 Å². The maximum absolute atomic E-state index is 6.02. The summed E-state index contributed by atoms with van der Waals surface area (Å²) in [5, 5.41) is 3.34. The molecule has 1 unspecified atom stereocenters. The van der Waals surface area contributed by atoms with Gasteiger partial charge in [-0.2, -0.15) is 4.98 Å². The number of anilines is 1. The predicted octanol–water partition coefficient (Wildman–Crippen LogP) is 3.56. The molecule has 1 N–H and O–H groups in total. The highest BCUT2D eigenvalue weighted by Crippen LogP contribution is 2.39. The number of benzene rings is 1. The fraction of sp³-hybridized carbons (Fsp3) is 0.176. The SMILES string of the molecule is COc1cnc2c(n1)OC(c1ccc(C)o1)Nc1ccccc1-2. The molecule has 1 aromatic carbocycles. The van der Waals surface area contributed by atoms with Crippen LogP contribution in [0, 0.1) is 6.92 Å². The van der Waals surface area contributed by atoms with Crippen molar-refractivity contribution < 1.29 is 13.9 Å². The van der Waals surface area contributed by atoms with Gasteiger partial charge in [-0.05, 0) is 25.1 Å². The Morgan fingerprint density at radius 3 is 2.83 bits per heavy atom. The number of nitrogens with zero attached hydrogens (tertiary/aromatic N) is 2. The summed E-state index contributed by atoms with van der Waals surface area (Å²) in [6, 6.07) is 11.6. The maximum Gasteiger partial charge on any atom is 0.246 e. The van der Waals surface area contributed by atoms with E-state index in [2.05, 4.69) is 15.3 Å². The molecule has 0 aliphatic carbocycles. The minimum atomic E-state index is -0.493. The molecular weight excluding hydrogens is 294 g/mol. The number of hydrogen-bond donors (Lipinski definition) is 1. The smallest absolute Gasteiger partial charge is 0.246 e. The summed E-state index contributed by atoms with van der Waals surface area (Å²) < 4.78 is 16.9. The molecule has 0 saturated carbocycles. The number of nitrogens with one attached hydrogen (secondary N) is 1. The van der Waals surface area contributed by atoms with Crippen LogP contribution >= 0.6 is 0 Å². The van der Waals surface area contributed by atoms with E-state index in [1.54, 1.807) is 13.3 Å². The van der Waals surface area contributed by atoms with Crippen LogP contribution in [0.3, 0.4) is 0 Å². The Bertz CT molecular complexity index is 860. The fourth-order valence-corrected chi connectivity index (χ4v) is 2.54. The van der Waals surface area contributed by atoms with Gasteiger partial charge in [0.2, 0.25) is 18.0 Å². The van der Waals surface area contributed by atoms with E-state index >= 15 is 0 Å². The van der Waals surface area contributed by atoms with E-state index in [1.165, 1.54) is 0 Å². The highest BCUT2D eigenvalue weighted by molar-refractivity contribution is 5.79. The second kappa shape index (κ2) is 5.31. The van der Waals surface area contributed by atoms with Crippen LogP contribution in [-0.2, 0) is 0 Å². The number of para-hydroxylation sites is 1. The lowest BCUT2D eigenvalue weighted by atomic mass is 10.1. The molecule has 116 valence electrons. The third-order valence-corrected chi connectivity index (χ3v) is 3.65. The average Bonchev–Trinajstić information content (AvgIpc) is 2.93. The summed E-state index contributed by atoms with van der Waals surface area (Å²) in [7, 11) is 1.55. The molecule has 3 heterocycles. The lowest BCUT2D eigenvalue weighted by Gasteiger charge is -2.16. The van der Waals surface area contributed by atoms with E-state index in [0.717, 1.165) is 17.0 Å². The van der Waals surface area contributed by atoms with Crippen molar-refractivity contribution in [1.29, 1.82) is 0 Å². The molecule has 0 amide bonds. The van der Waals surface area contributed by atoms with Crippen LogP contribution in [0.25, 0.3) is 11.3 Å². The van der Waals surface area contributed by atoms with Crippen molar-refractivity contribution in [2.75, 3.05) is 12.4 Å². The van der Waals surface area contributed by atoms with Crippen LogP contribution in [0.1, 0.15) is 17.7 Å². The first-order chi connectivity index (χ1) is 11.2. The van der Waals surface area contributed by atoms with Crippen molar-refractivity contribution in [1.82, 2.24) is 9.97 Å². The average molecular weight is 309 g/mol. The van der Waals surface area contributed by atoms with Gasteiger partial charge in [0.1, 0.15) is 11.5 Å². The van der Waals surface area contributed by atoms with Gasteiger partial charge in [0.05, 0.1) is 13.3 Å². The van der Waals surface area contributed by atoms with Gasteiger partial charge < -0.3 is 19.2 Å². The van der Waals surface area contributed by atoms with Crippen molar-refractivity contribution >= 4 is 5.69 Å². The first-order valence-electron chi connectivity index (χ1n) is 7.24. The van der Waals surface area contributed by atoms with Crippen molar-refractivity contribution in [2.24, 2.45) is 0 Å². The largest absolute Gasteiger partial charge is 0.480 e. The standard InChI is InChI=1S/C17H15N3O3/c1-10-7-8-13(22-10)16-19-12-6-4-3-5-11(12)15-17(23-16)20-14(21-2)9-18-15/h3-9,16,19H,1-2H3. The first-order valence-corrected chi connectivity index (χ1v) is 7.24. The van der Waals surface area contributed by atoms with E-state index in [4.69, 9.17) is 13.9 Å². The van der Waals surface area contributed by atoms with Gasteiger partial charge in [-0.1, -0.05) is 18.2 Å². The summed E-state index contributed by atoms with van der Waals surface area (Å²) >= 11 is 0. The van der Waals surface area contributed by atoms with Gasteiger partial charge in [0, 0.05) is 11.3 Å². The van der Waals surface area contributed by atoms with Crippen LogP contribution in [0.4, 0.5) is 5.69 Å². The van der Waals surface area contributed by atoms with Gasteiger partial charge in [-0.3, -0.25) is 0 Å². The Hall–Kier alpha value is -3.02. The van der Waals surface area contributed by atoms with Crippen LogP contribution < -0.4 is 14.8 Å². The maximum atomic E-state index is 6.02.